The fourth-order valence-corrected chi connectivity index (χ4v) is 1.84. The predicted molar refractivity (Wildman–Crippen MR) is 70.7 cm³/mol. The van der Waals surface area contributed by atoms with Crippen molar-refractivity contribution in [3.63, 3.8) is 0 Å². The molecular formula is C15H13F4NO. The van der Waals surface area contributed by atoms with Gasteiger partial charge in [-0.25, -0.2) is 4.39 Å². The summed E-state index contributed by atoms with van der Waals surface area (Å²) in [6.45, 7) is 0.259. The number of hydrogen-bond acceptors (Lipinski definition) is 2. The Morgan fingerprint density at radius 3 is 2.24 bits per heavy atom. The van der Waals surface area contributed by atoms with E-state index >= 15 is 0 Å². The van der Waals surface area contributed by atoms with Crippen LogP contribution in [0.4, 0.5) is 17.6 Å². The van der Waals surface area contributed by atoms with E-state index in [4.69, 9.17) is 10.5 Å². The van der Waals surface area contributed by atoms with Gasteiger partial charge in [0.05, 0.1) is 5.56 Å². The molecule has 2 aromatic rings. The molecular weight excluding hydrogens is 286 g/mol. The normalized spacial score (nSPS) is 11.5. The molecule has 0 fully saturated rings. The van der Waals surface area contributed by atoms with Gasteiger partial charge in [-0.05, 0) is 54.9 Å². The number of rotatable bonds is 4. The first-order chi connectivity index (χ1) is 9.90. The maximum atomic E-state index is 13.1. The second kappa shape index (κ2) is 6.13. The zero-order chi connectivity index (χ0) is 15.5. The van der Waals surface area contributed by atoms with Gasteiger partial charge in [0, 0.05) is 0 Å². The van der Waals surface area contributed by atoms with E-state index in [-0.39, 0.29) is 18.0 Å². The summed E-state index contributed by atoms with van der Waals surface area (Å²) in [6, 6.07) is 8.56. The summed E-state index contributed by atoms with van der Waals surface area (Å²) in [4.78, 5) is 0. The van der Waals surface area contributed by atoms with Crippen LogP contribution in [0.15, 0.2) is 42.5 Å². The predicted octanol–water partition coefficient (Wildman–Crippen LogP) is 4.14. The van der Waals surface area contributed by atoms with E-state index in [1.807, 2.05) is 0 Å². The molecule has 0 aliphatic heterocycles. The molecule has 2 N–H and O–H groups in total. The lowest BCUT2D eigenvalue weighted by Crippen LogP contribution is -2.09. The standard InChI is InChI=1S/C15H13F4NO/c16-11-2-4-12(5-3-11)21-14-6-1-10(7-8-20)9-13(14)15(17,18)19/h1-6,9H,7-8,20H2. The molecule has 0 aromatic heterocycles. The number of benzene rings is 2. The van der Waals surface area contributed by atoms with Crippen LogP contribution in [0.25, 0.3) is 0 Å². The molecule has 0 radical (unpaired) electrons. The molecule has 2 rings (SSSR count). The lowest BCUT2D eigenvalue weighted by atomic mass is 10.1. The first kappa shape index (κ1) is 15.3. The van der Waals surface area contributed by atoms with Crippen LogP contribution < -0.4 is 10.5 Å². The third-order valence-electron chi connectivity index (χ3n) is 2.82. The Hall–Kier alpha value is -2.08. The molecule has 0 spiro atoms. The van der Waals surface area contributed by atoms with Crippen LogP contribution in [0.1, 0.15) is 11.1 Å². The minimum absolute atomic E-state index is 0.133. The molecule has 112 valence electrons. The molecule has 0 aliphatic rings. The Kier molecular flexibility index (Phi) is 4.47. The van der Waals surface area contributed by atoms with Crippen molar-refractivity contribution >= 4 is 0 Å². The van der Waals surface area contributed by atoms with Crippen LogP contribution in [-0.4, -0.2) is 6.54 Å². The maximum absolute atomic E-state index is 13.1. The van der Waals surface area contributed by atoms with Crippen LogP contribution in [0, 0.1) is 5.82 Å². The van der Waals surface area contributed by atoms with Crippen molar-refractivity contribution in [3.05, 3.63) is 59.4 Å². The Morgan fingerprint density at radius 1 is 1.00 bits per heavy atom. The van der Waals surface area contributed by atoms with E-state index in [0.717, 1.165) is 18.2 Å². The molecule has 0 aliphatic carbocycles. The average molecular weight is 299 g/mol. The van der Waals surface area contributed by atoms with Gasteiger partial charge in [-0.15, -0.1) is 0 Å². The molecule has 0 unspecified atom stereocenters. The molecule has 2 nitrogen and oxygen atoms in total. The van der Waals surface area contributed by atoms with E-state index < -0.39 is 17.6 Å². The quantitative estimate of drug-likeness (QED) is 0.861. The number of hydrogen-bond donors (Lipinski definition) is 1. The van der Waals surface area contributed by atoms with Gasteiger partial charge in [0.15, 0.2) is 0 Å². The summed E-state index contributed by atoms with van der Waals surface area (Å²) in [5, 5.41) is 0. The van der Waals surface area contributed by atoms with Crippen molar-refractivity contribution in [2.24, 2.45) is 5.73 Å². The highest BCUT2D eigenvalue weighted by Crippen LogP contribution is 2.38. The first-order valence-electron chi connectivity index (χ1n) is 6.24. The van der Waals surface area contributed by atoms with E-state index in [2.05, 4.69) is 0 Å². The van der Waals surface area contributed by atoms with Crippen LogP contribution in [0.2, 0.25) is 0 Å². The number of halogens is 4. The van der Waals surface area contributed by atoms with Gasteiger partial charge in [0.25, 0.3) is 0 Å². The largest absolute Gasteiger partial charge is 0.457 e. The van der Waals surface area contributed by atoms with Gasteiger partial charge in [-0.3, -0.25) is 0 Å². The van der Waals surface area contributed by atoms with Crippen LogP contribution in [0.3, 0.4) is 0 Å². The minimum Gasteiger partial charge on any atom is -0.457 e. The zero-order valence-electron chi connectivity index (χ0n) is 11.0. The maximum Gasteiger partial charge on any atom is 0.419 e. The zero-order valence-corrected chi connectivity index (χ0v) is 11.0. The van der Waals surface area contributed by atoms with Gasteiger partial charge in [0.2, 0.25) is 0 Å². The van der Waals surface area contributed by atoms with Gasteiger partial charge < -0.3 is 10.5 Å². The highest BCUT2D eigenvalue weighted by Gasteiger charge is 2.34. The van der Waals surface area contributed by atoms with Crippen LogP contribution in [0.5, 0.6) is 11.5 Å². The van der Waals surface area contributed by atoms with E-state index in [1.165, 1.54) is 24.3 Å². The number of ether oxygens (including phenoxy) is 1. The van der Waals surface area contributed by atoms with Crippen molar-refractivity contribution < 1.29 is 22.3 Å². The van der Waals surface area contributed by atoms with E-state index in [1.54, 1.807) is 0 Å². The summed E-state index contributed by atoms with van der Waals surface area (Å²) in [5.74, 6) is -0.681. The lowest BCUT2D eigenvalue weighted by Gasteiger charge is -2.15. The van der Waals surface area contributed by atoms with Gasteiger partial charge in [0.1, 0.15) is 17.3 Å². The fourth-order valence-electron chi connectivity index (χ4n) is 1.84. The Balaban J connectivity index is 2.35. The molecule has 0 amide bonds. The van der Waals surface area contributed by atoms with Crippen molar-refractivity contribution in [1.29, 1.82) is 0 Å². The lowest BCUT2D eigenvalue weighted by molar-refractivity contribution is -0.138. The summed E-state index contributed by atoms with van der Waals surface area (Å²) in [6.07, 6.45) is -4.19. The SMILES string of the molecule is NCCc1ccc(Oc2ccc(F)cc2)c(C(F)(F)F)c1. The number of nitrogens with two attached hydrogens (primary N) is 1. The topological polar surface area (TPSA) is 35.2 Å². The highest BCUT2D eigenvalue weighted by atomic mass is 19.4. The van der Waals surface area contributed by atoms with Gasteiger partial charge in [-0.2, -0.15) is 13.2 Å². The molecule has 2 aromatic carbocycles. The summed E-state index contributed by atoms with van der Waals surface area (Å²) >= 11 is 0. The molecule has 0 saturated carbocycles. The summed E-state index contributed by atoms with van der Waals surface area (Å²) in [7, 11) is 0. The van der Waals surface area contributed by atoms with Gasteiger partial charge >= 0.3 is 6.18 Å². The second-order valence-corrected chi connectivity index (χ2v) is 4.42. The number of alkyl halides is 3. The smallest absolute Gasteiger partial charge is 0.419 e. The molecule has 0 atom stereocenters. The van der Waals surface area contributed by atoms with Crippen LogP contribution >= 0.6 is 0 Å². The third kappa shape index (κ3) is 3.95. The first-order valence-corrected chi connectivity index (χ1v) is 6.24. The van der Waals surface area contributed by atoms with Crippen LogP contribution in [-0.2, 0) is 12.6 Å². The van der Waals surface area contributed by atoms with Crippen molar-refractivity contribution in [2.75, 3.05) is 6.54 Å². The van der Waals surface area contributed by atoms with Crippen molar-refractivity contribution in [3.8, 4) is 11.5 Å². The van der Waals surface area contributed by atoms with Crippen molar-refractivity contribution in [2.45, 2.75) is 12.6 Å². The molecule has 0 heterocycles. The second-order valence-electron chi connectivity index (χ2n) is 4.42. The molecule has 0 bridgehead atoms. The Labute approximate surface area is 119 Å². The minimum atomic E-state index is -4.54. The molecule has 6 heteroatoms. The Morgan fingerprint density at radius 2 is 1.67 bits per heavy atom. The average Bonchev–Trinajstić information content (AvgIpc) is 2.42. The Bertz CT molecular complexity index is 608. The van der Waals surface area contributed by atoms with E-state index in [9.17, 15) is 17.6 Å². The summed E-state index contributed by atoms with van der Waals surface area (Å²) < 4.78 is 57.2. The highest BCUT2D eigenvalue weighted by molar-refractivity contribution is 5.42. The summed E-state index contributed by atoms with van der Waals surface area (Å²) in [5.41, 5.74) is 4.95. The third-order valence-corrected chi connectivity index (χ3v) is 2.82. The fraction of sp³-hybridized carbons (Fsp3) is 0.200. The van der Waals surface area contributed by atoms with Gasteiger partial charge in [-0.1, -0.05) is 6.07 Å². The molecule has 21 heavy (non-hydrogen) atoms. The monoisotopic (exact) mass is 299 g/mol. The van der Waals surface area contributed by atoms with E-state index in [0.29, 0.717) is 12.0 Å². The van der Waals surface area contributed by atoms with Crippen molar-refractivity contribution in [1.82, 2.24) is 0 Å². The molecule has 0 saturated heterocycles.